The van der Waals surface area contributed by atoms with Crippen LogP contribution in [0.25, 0.3) is 0 Å². The molecular formula is C2H6Cl3F3. The fourth-order valence-electron chi connectivity index (χ4n) is 0. The molecule has 0 aliphatic heterocycles. The molecule has 0 bridgehead atoms. The monoisotopic (exact) mass is 192 g/mol. The molecule has 0 fully saturated rings. The lowest BCUT2D eigenvalue weighted by Crippen LogP contribution is -1.88. The molecule has 0 N–H and O–H groups in total. The van der Waals surface area contributed by atoms with E-state index in [2.05, 4.69) is 0 Å². The maximum atomic E-state index is 10.4. The molecule has 56 valence electrons. The van der Waals surface area contributed by atoms with E-state index >= 15 is 0 Å². The van der Waals surface area contributed by atoms with Gasteiger partial charge in [-0.25, -0.2) is 13.2 Å². The first-order chi connectivity index (χ1) is 2.27. The topological polar surface area (TPSA) is 0 Å². The third-order valence-electron chi connectivity index (χ3n) is 0.117. The zero-order valence-electron chi connectivity index (χ0n) is 3.64. The Kier molecular flexibility index (Phi) is 45.8. The summed E-state index contributed by atoms with van der Waals surface area (Å²) < 4.78 is 31.1. The average Bonchev–Trinajstić information content (AvgIpc) is 1.38. The van der Waals surface area contributed by atoms with Gasteiger partial charge in [0.05, 0.1) is 0 Å². The predicted molar refractivity (Wildman–Crippen MR) is 33.7 cm³/mol. The van der Waals surface area contributed by atoms with Crippen LogP contribution in [0.4, 0.5) is 13.2 Å². The minimum absolute atomic E-state index is 0. The molecule has 0 nitrogen and oxygen atoms in total. The summed E-state index contributed by atoms with van der Waals surface area (Å²) >= 11 is 0. The van der Waals surface area contributed by atoms with Crippen molar-refractivity contribution in [1.82, 2.24) is 0 Å². The first-order valence-electron chi connectivity index (χ1n) is 1.11. The van der Waals surface area contributed by atoms with Crippen molar-refractivity contribution in [2.45, 2.75) is 6.43 Å². The normalized spacial score (nSPS) is 6.00. The van der Waals surface area contributed by atoms with Crippen LogP contribution >= 0.6 is 37.2 Å². The van der Waals surface area contributed by atoms with E-state index in [1.807, 2.05) is 0 Å². The molecule has 0 aromatic heterocycles. The lowest BCUT2D eigenvalue weighted by Gasteiger charge is -1.78. The van der Waals surface area contributed by atoms with Crippen molar-refractivity contribution in [1.29, 1.82) is 0 Å². The Labute approximate surface area is 64.1 Å². The van der Waals surface area contributed by atoms with Crippen molar-refractivity contribution >= 4 is 37.2 Å². The van der Waals surface area contributed by atoms with Gasteiger partial charge in [-0.3, -0.25) is 0 Å². The van der Waals surface area contributed by atoms with Crippen molar-refractivity contribution in [3.05, 3.63) is 0 Å². The van der Waals surface area contributed by atoms with Crippen LogP contribution < -0.4 is 0 Å². The Balaban J connectivity index is -0.0000000267. The van der Waals surface area contributed by atoms with Gasteiger partial charge in [-0.1, -0.05) is 0 Å². The average molecular weight is 193 g/mol. The molecule has 0 aromatic rings. The standard InChI is InChI=1S/C2H3F3.3ClH/c3-1-2(4)5;;;/h2H,1H2;3*1H. The van der Waals surface area contributed by atoms with Gasteiger partial charge in [0, 0.05) is 0 Å². The summed E-state index contributed by atoms with van der Waals surface area (Å²) in [6.07, 6.45) is -2.78. The van der Waals surface area contributed by atoms with E-state index in [9.17, 15) is 13.2 Å². The molecule has 8 heavy (non-hydrogen) atoms. The molecule has 0 aromatic carbocycles. The number of halogens is 6. The number of hydrogen-bond acceptors (Lipinski definition) is 0. The third-order valence-corrected chi connectivity index (χ3v) is 0.117. The highest BCUT2D eigenvalue weighted by Gasteiger charge is 1.95. The summed E-state index contributed by atoms with van der Waals surface area (Å²) in [4.78, 5) is 0. The lowest BCUT2D eigenvalue weighted by atomic mass is 10.8. The van der Waals surface area contributed by atoms with Crippen molar-refractivity contribution in [2.24, 2.45) is 0 Å². The molecular weight excluding hydrogens is 187 g/mol. The summed E-state index contributed by atoms with van der Waals surface area (Å²) in [5.41, 5.74) is 0. The SMILES string of the molecule is Cl.Cl.Cl.FCC(F)F. The maximum absolute atomic E-state index is 10.4. The van der Waals surface area contributed by atoms with Crippen molar-refractivity contribution in [3.8, 4) is 0 Å². The second kappa shape index (κ2) is 15.6. The second-order valence-corrected chi connectivity index (χ2v) is 0.545. The molecule has 0 aliphatic carbocycles. The number of alkyl halides is 3. The Hall–Kier alpha value is 0.660. The van der Waals surface area contributed by atoms with Gasteiger partial charge < -0.3 is 0 Å². The van der Waals surface area contributed by atoms with Gasteiger partial charge >= 0.3 is 0 Å². The summed E-state index contributed by atoms with van der Waals surface area (Å²) in [6.45, 7) is -1.53. The van der Waals surface area contributed by atoms with E-state index in [0.29, 0.717) is 0 Å². The Morgan fingerprint density at radius 3 is 1.12 bits per heavy atom. The highest BCUT2D eigenvalue weighted by Crippen LogP contribution is 1.88. The van der Waals surface area contributed by atoms with Crippen LogP contribution in [0.5, 0.6) is 0 Å². The summed E-state index contributed by atoms with van der Waals surface area (Å²) in [5, 5.41) is 0. The molecule has 0 heterocycles. The molecule has 0 spiro atoms. The Morgan fingerprint density at radius 1 is 1.00 bits per heavy atom. The molecule has 0 radical (unpaired) electrons. The van der Waals surface area contributed by atoms with E-state index in [1.54, 1.807) is 0 Å². The quantitative estimate of drug-likeness (QED) is 0.600. The van der Waals surface area contributed by atoms with E-state index in [0.717, 1.165) is 0 Å². The van der Waals surface area contributed by atoms with E-state index < -0.39 is 13.1 Å². The molecule has 0 aliphatic rings. The van der Waals surface area contributed by atoms with Gasteiger partial charge in [0.1, 0.15) is 0 Å². The lowest BCUT2D eigenvalue weighted by molar-refractivity contribution is 0.113. The van der Waals surface area contributed by atoms with Crippen LogP contribution in [0.2, 0.25) is 0 Å². The first-order valence-corrected chi connectivity index (χ1v) is 1.11. The van der Waals surface area contributed by atoms with Gasteiger partial charge in [-0.15, -0.1) is 37.2 Å². The van der Waals surface area contributed by atoms with E-state index in [-0.39, 0.29) is 37.2 Å². The van der Waals surface area contributed by atoms with Gasteiger partial charge in [0.25, 0.3) is 6.43 Å². The highest BCUT2D eigenvalue weighted by atomic mass is 35.5. The molecule has 0 unspecified atom stereocenters. The fraction of sp³-hybridized carbons (Fsp3) is 1.00. The number of rotatable bonds is 1. The van der Waals surface area contributed by atoms with Gasteiger partial charge in [-0.2, -0.15) is 0 Å². The minimum Gasteiger partial charge on any atom is -0.245 e. The molecule has 0 saturated carbocycles. The van der Waals surface area contributed by atoms with E-state index in [4.69, 9.17) is 0 Å². The van der Waals surface area contributed by atoms with E-state index in [1.165, 1.54) is 0 Å². The zero-order valence-corrected chi connectivity index (χ0v) is 6.09. The fourth-order valence-corrected chi connectivity index (χ4v) is 0. The van der Waals surface area contributed by atoms with Gasteiger partial charge in [0.15, 0.2) is 6.67 Å². The predicted octanol–water partition coefficient (Wildman–Crippen LogP) is 2.49. The van der Waals surface area contributed by atoms with Crippen molar-refractivity contribution in [3.63, 3.8) is 0 Å². The van der Waals surface area contributed by atoms with Crippen LogP contribution in [0.15, 0.2) is 0 Å². The molecule has 0 rings (SSSR count). The van der Waals surface area contributed by atoms with Gasteiger partial charge in [-0.05, 0) is 0 Å². The molecule has 0 amide bonds. The second-order valence-electron chi connectivity index (χ2n) is 0.545. The minimum atomic E-state index is -2.78. The Morgan fingerprint density at radius 2 is 1.12 bits per heavy atom. The van der Waals surface area contributed by atoms with Gasteiger partial charge in [0.2, 0.25) is 0 Å². The zero-order chi connectivity index (χ0) is 4.28. The van der Waals surface area contributed by atoms with Crippen molar-refractivity contribution in [2.75, 3.05) is 6.67 Å². The first kappa shape index (κ1) is 23.4. The van der Waals surface area contributed by atoms with Crippen LogP contribution in [0, 0.1) is 0 Å². The Bertz CT molecular complexity index is 26.5. The van der Waals surface area contributed by atoms with Crippen molar-refractivity contribution < 1.29 is 13.2 Å². The smallest absolute Gasteiger partial charge is 0.245 e. The van der Waals surface area contributed by atoms with Crippen LogP contribution in [-0.2, 0) is 0 Å². The summed E-state index contributed by atoms with van der Waals surface area (Å²) in [6, 6.07) is 0. The number of hydrogen-bond donors (Lipinski definition) is 0. The maximum Gasteiger partial charge on any atom is 0.266 e. The highest BCUT2D eigenvalue weighted by molar-refractivity contribution is 5.86. The van der Waals surface area contributed by atoms with Crippen LogP contribution in [-0.4, -0.2) is 13.1 Å². The van der Waals surface area contributed by atoms with Crippen LogP contribution in [0.3, 0.4) is 0 Å². The molecule has 0 saturated heterocycles. The third kappa shape index (κ3) is 30.2. The van der Waals surface area contributed by atoms with Crippen LogP contribution in [0.1, 0.15) is 0 Å². The summed E-state index contributed by atoms with van der Waals surface area (Å²) in [7, 11) is 0. The summed E-state index contributed by atoms with van der Waals surface area (Å²) in [5.74, 6) is 0. The molecule has 0 atom stereocenters. The molecule has 6 heteroatoms. The largest absolute Gasteiger partial charge is 0.266 e.